The van der Waals surface area contributed by atoms with Crippen LogP contribution in [0.15, 0.2) is 46.0 Å². The molecule has 0 fully saturated rings. The molecule has 0 radical (unpaired) electrons. The molecule has 0 aliphatic carbocycles. The van der Waals surface area contributed by atoms with Crippen LogP contribution in [0.5, 0.6) is 0 Å². The van der Waals surface area contributed by atoms with Crippen LogP contribution in [0.1, 0.15) is 11.6 Å². The monoisotopic (exact) mass is 351 g/mol. The second kappa shape index (κ2) is 6.38. The first-order valence-electron chi connectivity index (χ1n) is 7.10. The van der Waals surface area contributed by atoms with Crippen molar-refractivity contribution in [1.82, 2.24) is 19.7 Å². The smallest absolute Gasteiger partial charge is 0.379 e. The van der Waals surface area contributed by atoms with Crippen LogP contribution in [0.3, 0.4) is 0 Å². The first kappa shape index (κ1) is 16.7. The molecule has 3 aromatic heterocycles. The standard InChI is InChI=1S/C15H12F3N5O2/c1-23-5-4-10(6-12(23)24)20-8-11-3-2-9(7-19-11)13-21-14(25-22-13)15(16,17)18/h2-7,20H,8H2,1H3. The van der Waals surface area contributed by atoms with E-state index in [1.54, 1.807) is 31.4 Å². The first-order valence-corrected chi connectivity index (χ1v) is 7.10. The van der Waals surface area contributed by atoms with Crippen LogP contribution in [0.25, 0.3) is 11.4 Å². The largest absolute Gasteiger partial charge is 0.471 e. The lowest BCUT2D eigenvalue weighted by Gasteiger charge is -2.06. The summed E-state index contributed by atoms with van der Waals surface area (Å²) in [6.07, 6.45) is -1.70. The molecule has 0 aliphatic heterocycles. The number of nitrogens with one attached hydrogen (secondary N) is 1. The number of aromatic nitrogens is 4. The van der Waals surface area contributed by atoms with E-state index < -0.39 is 12.1 Å². The van der Waals surface area contributed by atoms with Gasteiger partial charge in [0.15, 0.2) is 0 Å². The third-order valence-electron chi connectivity index (χ3n) is 3.33. The van der Waals surface area contributed by atoms with Gasteiger partial charge in [0.1, 0.15) is 0 Å². The van der Waals surface area contributed by atoms with Gasteiger partial charge in [-0.3, -0.25) is 9.78 Å². The predicted molar refractivity (Wildman–Crippen MR) is 81.5 cm³/mol. The van der Waals surface area contributed by atoms with Crippen molar-refractivity contribution >= 4 is 5.69 Å². The number of aryl methyl sites for hydroxylation is 1. The fourth-order valence-corrected chi connectivity index (χ4v) is 1.97. The van der Waals surface area contributed by atoms with E-state index in [0.717, 1.165) is 0 Å². The third kappa shape index (κ3) is 3.84. The lowest BCUT2D eigenvalue weighted by atomic mass is 10.2. The average Bonchev–Trinajstić information content (AvgIpc) is 3.07. The maximum absolute atomic E-state index is 12.5. The molecule has 10 heteroatoms. The lowest BCUT2D eigenvalue weighted by molar-refractivity contribution is -0.159. The highest BCUT2D eigenvalue weighted by Crippen LogP contribution is 2.29. The molecule has 7 nitrogen and oxygen atoms in total. The SMILES string of the molecule is Cn1ccc(NCc2ccc(-c3noc(C(F)(F)F)n3)cn2)cc1=O. The molecule has 0 spiro atoms. The maximum Gasteiger partial charge on any atom is 0.471 e. The van der Waals surface area contributed by atoms with Gasteiger partial charge in [-0.25, -0.2) is 0 Å². The van der Waals surface area contributed by atoms with Crippen molar-refractivity contribution in [2.75, 3.05) is 5.32 Å². The quantitative estimate of drug-likeness (QED) is 0.777. The molecule has 3 aromatic rings. The summed E-state index contributed by atoms with van der Waals surface area (Å²) in [5.41, 5.74) is 1.42. The number of nitrogens with zero attached hydrogens (tertiary/aromatic N) is 4. The van der Waals surface area contributed by atoms with Gasteiger partial charge in [-0.15, -0.1) is 0 Å². The molecular weight excluding hydrogens is 339 g/mol. The van der Waals surface area contributed by atoms with Crippen molar-refractivity contribution in [2.24, 2.45) is 7.05 Å². The molecule has 0 saturated heterocycles. The number of anilines is 1. The fourth-order valence-electron chi connectivity index (χ4n) is 1.97. The minimum atomic E-state index is -4.69. The average molecular weight is 351 g/mol. The van der Waals surface area contributed by atoms with Crippen molar-refractivity contribution in [1.29, 1.82) is 0 Å². The van der Waals surface area contributed by atoms with Gasteiger partial charge in [0, 0.05) is 36.8 Å². The Bertz CT molecular complexity index is 931. The van der Waals surface area contributed by atoms with Crippen molar-refractivity contribution in [3.05, 3.63) is 58.6 Å². The van der Waals surface area contributed by atoms with E-state index in [0.29, 0.717) is 23.5 Å². The van der Waals surface area contributed by atoms with Gasteiger partial charge < -0.3 is 14.4 Å². The normalized spacial score (nSPS) is 11.5. The summed E-state index contributed by atoms with van der Waals surface area (Å²) in [6.45, 7) is 0.341. The zero-order valence-electron chi connectivity index (χ0n) is 12.9. The highest BCUT2D eigenvalue weighted by atomic mass is 19.4. The van der Waals surface area contributed by atoms with Gasteiger partial charge in [-0.1, -0.05) is 5.16 Å². The van der Waals surface area contributed by atoms with Crippen molar-refractivity contribution in [3.8, 4) is 11.4 Å². The summed E-state index contributed by atoms with van der Waals surface area (Å²) in [7, 11) is 1.65. The molecule has 0 amide bonds. The zero-order chi connectivity index (χ0) is 18.0. The number of halogens is 3. The highest BCUT2D eigenvalue weighted by Gasteiger charge is 2.38. The maximum atomic E-state index is 12.5. The molecule has 0 atom stereocenters. The van der Waals surface area contributed by atoms with E-state index in [2.05, 4.69) is 25.0 Å². The summed E-state index contributed by atoms with van der Waals surface area (Å²) in [5, 5.41) is 6.33. The van der Waals surface area contributed by atoms with E-state index >= 15 is 0 Å². The summed E-state index contributed by atoms with van der Waals surface area (Å²) in [6, 6.07) is 6.35. The molecule has 130 valence electrons. The van der Waals surface area contributed by atoms with Crippen LogP contribution in [0.2, 0.25) is 0 Å². The minimum Gasteiger partial charge on any atom is -0.379 e. The Kier molecular flexibility index (Phi) is 4.26. The van der Waals surface area contributed by atoms with Crippen molar-refractivity contribution in [2.45, 2.75) is 12.7 Å². The Hall–Kier alpha value is -3.17. The van der Waals surface area contributed by atoms with Crippen LogP contribution >= 0.6 is 0 Å². The lowest BCUT2D eigenvalue weighted by Crippen LogP contribution is -2.15. The van der Waals surface area contributed by atoms with Gasteiger partial charge in [0.2, 0.25) is 5.82 Å². The molecule has 3 heterocycles. The zero-order valence-corrected chi connectivity index (χ0v) is 12.9. The molecule has 3 rings (SSSR count). The predicted octanol–water partition coefficient (Wildman–Crippen LogP) is 2.46. The van der Waals surface area contributed by atoms with Crippen molar-refractivity contribution in [3.63, 3.8) is 0 Å². The van der Waals surface area contributed by atoms with E-state index in [4.69, 9.17) is 0 Å². The number of pyridine rings is 2. The Morgan fingerprint density at radius 2 is 2.08 bits per heavy atom. The van der Waals surface area contributed by atoms with Crippen LogP contribution in [0.4, 0.5) is 18.9 Å². The van der Waals surface area contributed by atoms with Gasteiger partial charge in [-0.2, -0.15) is 18.2 Å². The van der Waals surface area contributed by atoms with E-state index in [1.807, 2.05) is 0 Å². The minimum absolute atomic E-state index is 0.147. The summed E-state index contributed by atoms with van der Waals surface area (Å²) in [5.74, 6) is -1.59. The van der Waals surface area contributed by atoms with Gasteiger partial charge in [-0.05, 0) is 18.2 Å². The van der Waals surface area contributed by atoms with Gasteiger partial charge >= 0.3 is 12.1 Å². The van der Waals surface area contributed by atoms with Crippen LogP contribution in [-0.2, 0) is 19.8 Å². The van der Waals surface area contributed by atoms with Crippen LogP contribution in [0, 0.1) is 0 Å². The molecule has 0 saturated carbocycles. The number of rotatable bonds is 4. The second-order valence-corrected chi connectivity index (χ2v) is 5.18. The Morgan fingerprint density at radius 1 is 1.28 bits per heavy atom. The Labute approximate surface area is 139 Å². The second-order valence-electron chi connectivity index (χ2n) is 5.18. The summed E-state index contributed by atoms with van der Waals surface area (Å²) >= 11 is 0. The van der Waals surface area contributed by atoms with E-state index in [1.165, 1.54) is 16.8 Å². The number of hydrogen-bond acceptors (Lipinski definition) is 6. The van der Waals surface area contributed by atoms with Crippen LogP contribution < -0.4 is 10.9 Å². The summed E-state index contributed by atoms with van der Waals surface area (Å²) in [4.78, 5) is 19.0. The fraction of sp³-hybridized carbons (Fsp3) is 0.200. The molecule has 25 heavy (non-hydrogen) atoms. The molecule has 0 unspecified atom stereocenters. The van der Waals surface area contributed by atoms with E-state index in [9.17, 15) is 18.0 Å². The molecule has 0 aliphatic rings. The van der Waals surface area contributed by atoms with Gasteiger partial charge in [0.05, 0.1) is 12.2 Å². The van der Waals surface area contributed by atoms with Crippen LogP contribution in [-0.4, -0.2) is 19.7 Å². The molecule has 0 aromatic carbocycles. The van der Waals surface area contributed by atoms with Gasteiger partial charge in [0.25, 0.3) is 5.56 Å². The molecule has 0 bridgehead atoms. The van der Waals surface area contributed by atoms with Crippen molar-refractivity contribution < 1.29 is 17.7 Å². The Balaban J connectivity index is 1.68. The first-order chi connectivity index (χ1) is 11.8. The third-order valence-corrected chi connectivity index (χ3v) is 3.33. The Morgan fingerprint density at radius 3 is 2.68 bits per heavy atom. The number of hydrogen-bond donors (Lipinski definition) is 1. The topological polar surface area (TPSA) is 85.8 Å². The van der Waals surface area contributed by atoms with E-state index in [-0.39, 0.29) is 11.4 Å². The summed E-state index contributed by atoms with van der Waals surface area (Å²) < 4.78 is 43.0. The number of alkyl halides is 3. The highest BCUT2D eigenvalue weighted by molar-refractivity contribution is 5.52. The molecular formula is C15H12F3N5O2. The molecule has 1 N–H and O–H groups in total.